The lowest BCUT2D eigenvalue weighted by Crippen LogP contribution is -2.43. The Kier molecular flexibility index (Phi) is 7.18. The zero-order valence-corrected chi connectivity index (χ0v) is 20.1. The van der Waals surface area contributed by atoms with E-state index in [2.05, 4.69) is 10.3 Å². The van der Waals surface area contributed by atoms with E-state index >= 15 is 0 Å². The molecule has 9 nitrogen and oxygen atoms in total. The fourth-order valence-electron chi connectivity index (χ4n) is 4.50. The van der Waals surface area contributed by atoms with Crippen molar-refractivity contribution in [3.8, 4) is 0 Å². The SMILES string of the molecule is CC(=O)c1cccc(NC(=O)[C@@H]2CCCN(S(=O)(=O)c3c[nH]c(C(=O)N4CCCCC4)c3)C2)c1. The molecule has 182 valence electrons. The van der Waals surface area contributed by atoms with Crippen LogP contribution in [-0.2, 0) is 14.8 Å². The second-order valence-electron chi connectivity index (χ2n) is 8.93. The molecule has 0 unspecified atom stereocenters. The minimum Gasteiger partial charge on any atom is -0.356 e. The second kappa shape index (κ2) is 10.1. The molecule has 10 heteroatoms. The summed E-state index contributed by atoms with van der Waals surface area (Å²) in [7, 11) is -3.86. The van der Waals surface area contributed by atoms with Crippen LogP contribution in [0.15, 0.2) is 41.4 Å². The number of anilines is 1. The molecule has 1 aromatic carbocycles. The fraction of sp³-hybridized carbons (Fsp3) is 0.458. The predicted molar refractivity (Wildman–Crippen MR) is 127 cm³/mol. The second-order valence-corrected chi connectivity index (χ2v) is 10.9. The number of H-pyrrole nitrogens is 1. The van der Waals surface area contributed by atoms with Crippen molar-refractivity contribution in [2.24, 2.45) is 5.92 Å². The summed E-state index contributed by atoms with van der Waals surface area (Å²) in [6, 6.07) is 8.07. The Hall–Kier alpha value is -2.98. The number of sulfonamides is 1. The highest BCUT2D eigenvalue weighted by Crippen LogP contribution is 2.26. The van der Waals surface area contributed by atoms with Gasteiger partial charge in [-0.1, -0.05) is 12.1 Å². The molecule has 1 aromatic heterocycles. The molecular formula is C24H30N4O5S. The van der Waals surface area contributed by atoms with Gasteiger partial charge in [-0.25, -0.2) is 8.42 Å². The van der Waals surface area contributed by atoms with Crippen molar-refractivity contribution in [2.45, 2.75) is 43.9 Å². The van der Waals surface area contributed by atoms with Gasteiger partial charge < -0.3 is 15.2 Å². The van der Waals surface area contributed by atoms with Crippen molar-refractivity contribution in [1.82, 2.24) is 14.2 Å². The highest BCUT2D eigenvalue weighted by atomic mass is 32.2. The van der Waals surface area contributed by atoms with E-state index in [-0.39, 0.29) is 34.7 Å². The van der Waals surface area contributed by atoms with Crippen LogP contribution in [0.3, 0.4) is 0 Å². The van der Waals surface area contributed by atoms with Crippen LogP contribution in [0.25, 0.3) is 0 Å². The average molecular weight is 487 g/mol. The third-order valence-corrected chi connectivity index (χ3v) is 8.30. The van der Waals surface area contributed by atoms with Crippen LogP contribution in [-0.4, -0.2) is 66.4 Å². The van der Waals surface area contributed by atoms with Crippen LogP contribution in [0.4, 0.5) is 5.69 Å². The van der Waals surface area contributed by atoms with Crippen LogP contribution in [0.2, 0.25) is 0 Å². The zero-order valence-electron chi connectivity index (χ0n) is 19.2. The maximum absolute atomic E-state index is 13.3. The molecule has 34 heavy (non-hydrogen) atoms. The molecule has 2 aliphatic heterocycles. The number of hydrogen-bond acceptors (Lipinski definition) is 5. The number of nitrogens with one attached hydrogen (secondary N) is 2. The number of ketones is 1. The predicted octanol–water partition coefficient (Wildman–Crippen LogP) is 2.88. The third-order valence-electron chi connectivity index (χ3n) is 6.46. The molecule has 2 aliphatic rings. The molecule has 2 N–H and O–H groups in total. The Morgan fingerprint density at radius 2 is 1.79 bits per heavy atom. The van der Waals surface area contributed by atoms with Crippen molar-refractivity contribution in [2.75, 3.05) is 31.5 Å². The third kappa shape index (κ3) is 5.23. The van der Waals surface area contributed by atoms with Gasteiger partial charge >= 0.3 is 0 Å². The Morgan fingerprint density at radius 1 is 1.03 bits per heavy atom. The molecule has 2 saturated heterocycles. The lowest BCUT2D eigenvalue weighted by Gasteiger charge is -2.31. The highest BCUT2D eigenvalue weighted by Gasteiger charge is 2.34. The number of nitrogens with zero attached hydrogens (tertiary/aromatic N) is 2. The van der Waals surface area contributed by atoms with Crippen molar-refractivity contribution in [1.29, 1.82) is 0 Å². The number of aromatic nitrogens is 1. The van der Waals surface area contributed by atoms with Crippen LogP contribution in [0.5, 0.6) is 0 Å². The van der Waals surface area contributed by atoms with Gasteiger partial charge in [0.25, 0.3) is 5.91 Å². The molecule has 0 aliphatic carbocycles. The molecule has 3 heterocycles. The summed E-state index contributed by atoms with van der Waals surface area (Å²) < 4.78 is 27.8. The number of benzene rings is 1. The van der Waals surface area contributed by atoms with Gasteiger partial charge in [0.05, 0.1) is 5.92 Å². The van der Waals surface area contributed by atoms with Crippen molar-refractivity contribution < 1.29 is 22.8 Å². The van der Waals surface area contributed by atoms with Gasteiger partial charge in [-0.3, -0.25) is 14.4 Å². The molecule has 4 rings (SSSR count). The van der Waals surface area contributed by atoms with Crippen molar-refractivity contribution in [3.63, 3.8) is 0 Å². The maximum Gasteiger partial charge on any atom is 0.270 e. The number of Topliss-reactive ketones (excluding diaryl/α,β-unsaturated/α-hetero) is 1. The Bertz CT molecular complexity index is 1180. The minimum atomic E-state index is -3.86. The quantitative estimate of drug-likeness (QED) is 0.609. The van der Waals surface area contributed by atoms with E-state index in [0.717, 1.165) is 19.3 Å². The summed E-state index contributed by atoms with van der Waals surface area (Å²) in [6.07, 6.45) is 5.47. The Balaban J connectivity index is 1.43. The smallest absolute Gasteiger partial charge is 0.270 e. The summed E-state index contributed by atoms with van der Waals surface area (Å²) in [4.78, 5) is 41.8. The zero-order chi connectivity index (χ0) is 24.3. The van der Waals surface area contributed by atoms with E-state index < -0.39 is 15.9 Å². The van der Waals surface area contributed by atoms with Crippen LogP contribution < -0.4 is 5.32 Å². The Morgan fingerprint density at radius 3 is 2.53 bits per heavy atom. The first-order valence-corrected chi connectivity index (χ1v) is 13.1. The van der Waals surface area contributed by atoms with Crippen LogP contribution in [0.1, 0.15) is 59.9 Å². The standard InChI is InChI=1S/C24H30N4O5S/c1-17(29)18-7-5-9-20(13-18)26-23(30)19-8-6-12-28(16-19)34(32,33)21-14-22(25-15-21)24(31)27-10-3-2-4-11-27/h5,7,9,13-15,19,25H,2-4,6,8,10-12,16H2,1H3,(H,26,30)/t19-/m1/s1. The largest absolute Gasteiger partial charge is 0.356 e. The van der Waals surface area contributed by atoms with E-state index in [1.807, 2.05) is 0 Å². The first kappa shape index (κ1) is 24.2. The number of carbonyl (C=O) groups is 3. The molecule has 1 atom stereocenters. The molecule has 0 bridgehead atoms. The average Bonchev–Trinajstić information content (AvgIpc) is 3.36. The molecule has 2 amide bonds. The van der Waals surface area contributed by atoms with Gasteiger partial charge in [-0.15, -0.1) is 0 Å². The summed E-state index contributed by atoms with van der Waals surface area (Å²) in [6.45, 7) is 3.18. The summed E-state index contributed by atoms with van der Waals surface area (Å²) in [5, 5.41) is 2.81. The normalized spacial score (nSPS) is 19.6. The molecular weight excluding hydrogens is 456 g/mol. The first-order valence-electron chi connectivity index (χ1n) is 11.7. The van der Waals surface area contributed by atoms with Gasteiger partial charge in [0.15, 0.2) is 5.78 Å². The van der Waals surface area contributed by atoms with E-state index in [1.54, 1.807) is 29.2 Å². The molecule has 2 fully saturated rings. The van der Waals surface area contributed by atoms with Crippen LogP contribution >= 0.6 is 0 Å². The molecule has 0 radical (unpaired) electrons. The van der Waals surface area contributed by atoms with E-state index in [0.29, 0.717) is 43.7 Å². The minimum absolute atomic E-state index is 0.0306. The van der Waals surface area contributed by atoms with Gasteiger partial charge in [-0.05, 0) is 57.2 Å². The van der Waals surface area contributed by atoms with E-state index in [1.165, 1.54) is 23.5 Å². The van der Waals surface area contributed by atoms with Gasteiger partial charge in [0.1, 0.15) is 10.6 Å². The Labute approximate surface area is 199 Å². The number of carbonyl (C=O) groups excluding carboxylic acids is 3. The van der Waals surface area contributed by atoms with E-state index in [4.69, 9.17) is 0 Å². The highest BCUT2D eigenvalue weighted by molar-refractivity contribution is 7.89. The number of amides is 2. The monoisotopic (exact) mass is 486 g/mol. The summed E-state index contributed by atoms with van der Waals surface area (Å²) >= 11 is 0. The number of hydrogen-bond donors (Lipinski definition) is 2. The van der Waals surface area contributed by atoms with Crippen molar-refractivity contribution in [3.05, 3.63) is 47.8 Å². The summed E-state index contributed by atoms with van der Waals surface area (Å²) in [5.74, 6) is -1.09. The van der Waals surface area contributed by atoms with Gasteiger partial charge in [-0.2, -0.15) is 4.31 Å². The number of likely N-dealkylation sites (tertiary alicyclic amines) is 1. The topological polar surface area (TPSA) is 120 Å². The summed E-state index contributed by atoms with van der Waals surface area (Å²) in [5.41, 5.74) is 1.26. The number of piperidine rings is 2. The molecule has 0 spiro atoms. The first-order chi connectivity index (χ1) is 16.3. The lowest BCUT2D eigenvalue weighted by atomic mass is 9.98. The van der Waals surface area contributed by atoms with Crippen LogP contribution in [0, 0.1) is 5.92 Å². The van der Waals surface area contributed by atoms with E-state index in [9.17, 15) is 22.8 Å². The van der Waals surface area contributed by atoms with Gasteiger partial charge in [0.2, 0.25) is 15.9 Å². The lowest BCUT2D eigenvalue weighted by molar-refractivity contribution is -0.120. The maximum atomic E-state index is 13.3. The van der Waals surface area contributed by atoms with Gasteiger partial charge in [0, 0.05) is 43.6 Å². The fourth-order valence-corrected chi connectivity index (χ4v) is 6.02. The molecule has 2 aromatic rings. The van der Waals surface area contributed by atoms with Crippen molar-refractivity contribution >= 4 is 33.3 Å². The number of aromatic amines is 1. The molecule has 0 saturated carbocycles. The number of rotatable bonds is 6.